The zero-order valence-corrected chi connectivity index (χ0v) is 25.4. The number of rotatable bonds is 13. The monoisotopic (exact) mass is 576 g/mol. The smallest absolute Gasteiger partial charge is 0.213 e. The Balaban J connectivity index is 1.14. The molecule has 0 spiro atoms. The van der Waals surface area contributed by atoms with Gasteiger partial charge in [-0.05, 0) is 61.8 Å². The number of ether oxygens (including phenoxy) is 1. The zero-order chi connectivity index (χ0) is 28.9. The number of pyridine rings is 1. The standard InChI is InChI=1S/C32H48N8O2/c1-3-25-23-36-40-28(34-21-24-6-9-30(35-22-24)42-19-5-14-38-16-12-33-13-17-38)20-29(37-31(25)40)39-15-4-11-32(2,26-7-8-26)27(39)10-18-41/h6,9,20,22-23,26-27,33-34,41H,3-5,7-8,10-19,21H2,1-2H3. The highest BCUT2D eigenvalue weighted by molar-refractivity contribution is 5.61. The maximum atomic E-state index is 10.0. The average molecular weight is 577 g/mol. The molecule has 2 atom stereocenters. The lowest BCUT2D eigenvalue weighted by atomic mass is 9.69. The molecule has 228 valence electrons. The molecule has 42 heavy (non-hydrogen) atoms. The van der Waals surface area contributed by atoms with Gasteiger partial charge in [0.05, 0.1) is 12.8 Å². The minimum absolute atomic E-state index is 0.201. The van der Waals surface area contributed by atoms with Gasteiger partial charge in [-0.3, -0.25) is 0 Å². The lowest BCUT2D eigenvalue weighted by Gasteiger charge is -2.49. The van der Waals surface area contributed by atoms with Crippen LogP contribution in [0.2, 0.25) is 0 Å². The number of hydrogen-bond acceptors (Lipinski definition) is 9. The van der Waals surface area contributed by atoms with Crippen LogP contribution in [-0.2, 0) is 13.0 Å². The molecule has 0 amide bonds. The van der Waals surface area contributed by atoms with Crippen molar-refractivity contribution >= 4 is 17.3 Å². The Labute approximate surface area is 249 Å². The minimum Gasteiger partial charge on any atom is -0.478 e. The first-order valence-corrected chi connectivity index (χ1v) is 16.1. The second kappa shape index (κ2) is 13.1. The first-order valence-electron chi connectivity index (χ1n) is 16.1. The number of fused-ring (bicyclic) bond motifs is 1. The Kier molecular flexibility index (Phi) is 9.11. The van der Waals surface area contributed by atoms with Crippen molar-refractivity contribution < 1.29 is 9.84 Å². The first kappa shape index (κ1) is 29.1. The second-order valence-corrected chi connectivity index (χ2v) is 12.5. The maximum absolute atomic E-state index is 10.0. The van der Waals surface area contributed by atoms with Crippen molar-refractivity contribution in [3.63, 3.8) is 0 Å². The van der Waals surface area contributed by atoms with Crippen molar-refractivity contribution in [2.24, 2.45) is 11.3 Å². The largest absolute Gasteiger partial charge is 0.478 e. The molecular formula is C32H48N8O2. The summed E-state index contributed by atoms with van der Waals surface area (Å²) in [7, 11) is 0. The van der Waals surface area contributed by atoms with Crippen LogP contribution in [0.25, 0.3) is 5.65 Å². The van der Waals surface area contributed by atoms with Crippen LogP contribution in [0.4, 0.5) is 11.6 Å². The van der Waals surface area contributed by atoms with E-state index in [1.807, 2.05) is 23.0 Å². The quantitative estimate of drug-likeness (QED) is 0.263. The molecule has 3 aromatic heterocycles. The van der Waals surface area contributed by atoms with Crippen LogP contribution < -0.4 is 20.3 Å². The number of aromatic nitrogens is 4. The van der Waals surface area contributed by atoms with Crippen LogP contribution in [-0.4, -0.2) is 88.1 Å². The molecule has 2 aliphatic heterocycles. The molecule has 2 unspecified atom stereocenters. The molecule has 3 N–H and O–H groups in total. The van der Waals surface area contributed by atoms with Gasteiger partial charge in [0, 0.05) is 82.4 Å². The summed E-state index contributed by atoms with van der Waals surface area (Å²) in [5.41, 5.74) is 3.34. The number of hydrogen-bond donors (Lipinski definition) is 3. The molecule has 1 saturated carbocycles. The normalized spacial score (nSPS) is 23.4. The Hall–Kier alpha value is -2.95. The fraction of sp³-hybridized carbons (Fsp3) is 0.656. The van der Waals surface area contributed by atoms with E-state index in [-0.39, 0.29) is 18.1 Å². The van der Waals surface area contributed by atoms with Crippen LogP contribution >= 0.6 is 0 Å². The molecule has 3 aromatic rings. The highest BCUT2D eigenvalue weighted by Gasteiger charge is 2.50. The fourth-order valence-corrected chi connectivity index (χ4v) is 7.12. The number of aliphatic hydroxyl groups is 1. The second-order valence-electron chi connectivity index (χ2n) is 12.5. The summed E-state index contributed by atoms with van der Waals surface area (Å²) in [6, 6.07) is 6.47. The first-order chi connectivity index (χ1) is 20.6. The predicted octanol–water partition coefficient (Wildman–Crippen LogP) is 3.74. The average Bonchev–Trinajstić information content (AvgIpc) is 3.81. The van der Waals surface area contributed by atoms with E-state index in [0.29, 0.717) is 19.0 Å². The van der Waals surface area contributed by atoms with Crippen molar-refractivity contribution in [3.05, 3.63) is 41.7 Å². The molecule has 10 nitrogen and oxygen atoms in total. The van der Waals surface area contributed by atoms with Crippen LogP contribution in [0.1, 0.15) is 63.5 Å². The number of piperidine rings is 1. The summed E-state index contributed by atoms with van der Waals surface area (Å²) < 4.78 is 7.85. The third-order valence-corrected chi connectivity index (χ3v) is 9.72. The van der Waals surface area contributed by atoms with E-state index >= 15 is 0 Å². The minimum atomic E-state index is 0.201. The maximum Gasteiger partial charge on any atom is 0.213 e. The van der Waals surface area contributed by atoms with Gasteiger partial charge in [0.15, 0.2) is 5.65 Å². The van der Waals surface area contributed by atoms with E-state index in [2.05, 4.69) is 51.4 Å². The lowest BCUT2D eigenvalue weighted by Crippen LogP contribution is -2.53. The number of nitrogens with zero attached hydrogens (tertiary/aromatic N) is 6. The van der Waals surface area contributed by atoms with E-state index < -0.39 is 0 Å². The van der Waals surface area contributed by atoms with Gasteiger partial charge in [-0.25, -0.2) is 9.97 Å². The van der Waals surface area contributed by atoms with E-state index in [0.717, 1.165) is 99.3 Å². The summed E-state index contributed by atoms with van der Waals surface area (Å²) in [6.45, 7) is 12.5. The van der Waals surface area contributed by atoms with Gasteiger partial charge >= 0.3 is 0 Å². The van der Waals surface area contributed by atoms with Gasteiger partial charge < -0.3 is 30.3 Å². The molecule has 2 saturated heterocycles. The van der Waals surface area contributed by atoms with Gasteiger partial charge in [0.2, 0.25) is 5.88 Å². The fourth-order valence-electron chi connectivity index (χ4n) is 7.12. The molecule has 5 heterocycles. The van der Waals surface area contributed by atoms with Gasteiger partial charge in [-0.1, -0.05) is 19.9 Å². The molecule has 0 bridgehead atoms. The number of nitrogens with one attached hydrogen (secondary N) is 2. The highest BCUT2D eigenvalue weighted by Crippen LogP contribution is 2.54. The van der Waals surface area contributed by atoms with E-state index in [1.54, 1.807) is 0 Å². The van der Waals surface area contributed by atoms with E-state index in [4.69, 9.17) is 14.8 Å². The van der Waals surface area contributed by atoms with Crippen molar-refractivity contribution in [1.82, 2.24) is 29.8 Å². The molecule has 1 aliphatic carbocycles. The molecule has 3 fully saturated rings. The predicted molar refractivity (Wildman–Crippen MR) is 166 cm³/mol. The number of aliphatic hydroxyl groups excluding tert-OH is 1. The molecule has 0 aromatic carbocycles. The van der Waals surface area contributed by atoms with Crippen molar-refractivity contribution in [1.29, 1.82) is 0 Å². The third kappa shape index (κ3) is 6.35. The number of aryl methyl sites for hydroxylation is 1. The summed E-state index contributed by atoms with van der Waals surface area (Å²) >= 11 is 0. The SMILES string of the molecule is CCc1cnn2c(NCc3ccc(OCCCN4CCNCC4)nc3)cc(N3CCCC(C)(C4CC4)C3CCO)nc12. The summed E-state index contributed by atoms with van der Waals surface area (Å²) in [5.74, 6) is 3.33. The Morgan fingerprint density at radius 3 is 2.76 bits per heavy atom. The van der Waals surface area contributed by atoms with Crippen LogP contribution in [0.5, 0.6) is 5.88 Å². The van der Waals surface area contributed by atoms with Crippen molar-refractivity contribution in [3.8, 4) is 5.88 Å². The van der Waals surface area contributed by atoms with Crippen LogP contribution in [0.3, 0.4) is 0 Å². The number of piperazine rings is 1. The summed E-state index contributed by atoms with van der Waals surface area (Å²) in [5, 5.41) is 21.8. The molecule has 0 radical (unpaired) electrons. The molecule has 3 aliphatic rings. The topological polar surface area (TPSA) is 103 Å². The van der Waals surface area contributed by atoms with Crippen LogP contribution in [0.15, 0.2) is 30.6 Å². The van der Waals surface area contributed by atoms with E-state index in [9.17, 15) is 5.11 Å². The van der Waals surface area contributed by atoms with E-state index in [1.165, 1.54) is 19.3 Å². The molecular weight excluding hydrogens is 528 g/mol. The summed E-state index contributed by atoms with van der Waals surface area (Å²) in [4.78, 5) is 14.7. The van der Waals surface area contributed by atoms with Crippen molar-refractivity contribution in [2.75, 3.05) is 62.7 Å². The lowest BCUT2D eigenvalue weighted by molar-refractivity contribution is 0.125. The Morgan fingerprint density at radius 1 is 1.17 bits per heavy atom. The summed E-state index contributed by atoms with van der Waals surface area (Å²) in [6.07, 6.45) is 11.5. The highest BCUT2D eigenvalue weighted by atomic mass is 16.5. The van der Waals surface area contributed by atoms with Gasteiger partial charge in [0.25, 0.3) is 0 Å². The van der Waals surface area contributed by atoms with Gasteiger partial charge in [-0.15, -0.1) is 0 Å². The Bertz CT molecular complexity index is 1300. The zero-order valence-electron chi connectivity index (χ0n) is 25.4. The van der Waals surface area contributed by atoms with Crippen molar-refractivity contribution in [2.45, 2.75) is 71.4 Å². The third-order valence-electron chi connectivity index (χ3n) is 9.72. The van der Waals surface area contributed by atoms with Crippen LogP contribution in [0, 0.1) is 11.3 Å². The Morgan fingerprint density at radius 2 is 2.02 bits per heavy atom. The van der Waals surface area contributed by atoms with Gasteiger partial charge in [-0.2, -0.15) is 9.61 Å². The molecule has 10 heteroatoms. The molecule has 6 rings (SSSR count). The van der Waals surface area contributed by atoms with Gasteiger partial charge in [0.1, 0.15) is 11.6 Å². The number of anilines is 2.